The Kier molecular flexibility index (Phi) is 28.8. The lowest BCUT2D eigenvalue weighted by atomic mass is 9.92. The number of hydrogen-bond acceptors (Lipinski definition) is 4. The minimum absolute atomic E-state index is 0.0315. The molecule has 0 saturated heterocycles. The fourth-order valence-electron chi connectivity index (χ4n) is 14.4. The highest BCUT2D eigenvalue weighted by Gasteiger charge is 2.25. The minimum Gasteiger partial charge on any atom is -0.303 e. The normalized spacial score (nSPS) is 14.3. The maximum absolute atomic E-state index is 4.50. The third kappa shape index (κ3) is 19.7. The van der Waals surface area contributed by atoms with Crippen molar-refractivity contribution in [2.24, 2.45) is 10.2 Å². The lowest BCUT2D eigenvalue weighted by Crippen LogP contribution is -2.11. The van der Waals surface area contributed by atoms with E-state index in [1.807, 2.05) is 38.2 Å². The van der Waals surface area contributed by atoms with E-state index >= 15 is 0 Å². The Balaban J connectivity index is 0.000000204. The summed E-state index contributed by atoms with van der Waals surface area (Å²) in [5.41, 5.74) is 53.2. The number of benzene rings is 6. The van der Waals surface area contributed by atoms with Crippen molar-refractivity contribution in [2.75, 3.05) is 40.2 Å². The quantitative estimate of drug-likeness (QED) is 0.0658. The molecule has 93 heavy (non-hydrogen) atoms. The predicted octanol–water partition coefficient (Wildman–Crippen LogP) is 22.9. The molecule has 0 aliphatic heterocycles. The summed E-state index contributed by atoms with van der Waals surface area (Å²) in [5, 5.41) is 12.7. The number of aryl methyl sites for hydroxylation is 12. The maximum Gasteiger partial charge on any atom is 0.145 e. The van der Waals surface area contributed by atoms with Gasteiger partial charge in [0.05, 0.1) is 29.3 Å². The van der Waals surface area contributed by atoms with Crippen LogP contribution in [0.25, 0.3) is 12.2 Å². The van der Waals surface area contributed by atoms with Crippen LogP contribution in [0.15, 0.2) is 81.0 Å². The molecule has 0 fully saturated rings. The third-order valence-corrected chi connectivity index (χ3v) is 30.9. The first-order valence-electron chi connectivity index (χ1n) is 33.9. The molecule has 6 aromatic rings. The van der Waals surface area contributed by atoms with Gasteiger partial charge in [-0.2, -0.15) is 10.2 Å². The van der Waals surface area contributed by atoms with Gasteiger partial charge in [-0.15, -0.1) is 0 Å². The Morgan fingerprint density at radius 2 is 0.785 bits per heavy atom. The number of hydrazone groups is 2. The minimum atomic E-state index is 0.0315. The number of allylic oxidation sites excluding steroid dienone is 4. The second-order valence-corrected chi connectivity index (χ2v) is 41.1. The molecule has 3 unspecified atom stereocenters. The van der Waals surface area contributed by atoms with Crippen LogP contribution in [0.2, 0.25) is 0 Å². The Morgan fingerprint density at radius 3 is 1.28 bits per heavy atom. The molecule has 0 aromatic heterocycles. The van der Waals surface area contributed by atoms with Crippen LogP contribution < -0.4 is 0 Å². The molecular formula is C85H122N4P3S+. The zero-order valence-electron chi connectivity index (χ0n) is 64.0. The molecule has 10 rings (SSSR count). The summed E-state index contributed by atoms with van der Waals surface area (Å²) < 4.78 is 0. The first kappa shape index (κ1) is 78.4. The molecule has 4 aliphatic carbocycles. The first-order chi connectivity index (χ1) is 43.3. The zero-order valence-corrected chi connectivity index (χ0v) is 68.0. The van der Waals surface area contributed by atoms with Crippen LogP contribution in [0.3, 0.4) is 0 Å². The molecule has 3 atom stereocenters. The molecule has 0 amide bonds. The van der Waals surface area contributed by atoms with Gasteiger partial charge in [0.1, 0.15) is 6.07 Å². The van der Waals surface area contributed by atoms with E-state index in [0.717, 1.165) is 37.1 Å². The average Bonchev–Trinajstić information content (AvgIpc) is 1.76. The van der Waals surface area contributed by atoms with Gasteiger partial charge in [0.25, 0.3) is 0 Å². The van der Waals surface area contributed by atoms with Crippen molar-refractivity contribution >= 4 is 57.6 Å². The van der Waals surface area contributed by atoms with Crippen molar-refractivity contribution in [1.82, 2.24) is 10.0 Å². The van der Waals surface area contributed by atoms with Gasteiger partial charge in [-0.25, -0.2) is 0 Å². The molecule has 0 bridgehead atoms. The lowest BCUT2D eigenvalue weighted by Gasteiger charge is -2.16. The number of fused-ring (bicyclic) bond motifs is 4. The summed E-state index contributed by atoms with van der Waals surface area (Å²) >= 11 is 0. The molecule has 4 nitrogen and oxygen atoms in total. The van der Waals surface area contributed by atoms with E-state index in [4.69, 9.17) is 0 Å². The van der Waals surface area contributed by atoms with E-state index in [9.17, 15) is 0 Å². The molecule has 0 radical (unpaired) electrons. The Bertz CT molecular complexity index is 4010. The summed E-state index contributed by atoms with van der Waals surface area (Å²) in [6.07, 6.45) is 16.6. The predicted molar refractivity (Wildman–Crippen MR) is 430 cm³/mol. The molecular weight excluding hydrogens is 1200 g/mol. The molecule has 0 heterocycles. The van der Waals surface area contributed by atoms with Crippen molar-refractivity contribution in [3.8, 4) is 0 Å². The van der Waals surface area contributed by atoms with Crippen molar-refractivity contribution in [3.05, 3.63) is 238 Å². The van der Waals surface area contributed by atoms with Gasteiger partial charge in [-0.05, 0) is 377 Å². The molecule has 0 N–H and O–H groups in total. The van der Waals surface area contributed by atoms with Gasteiger partial charge in [0.2, 0.25) is 0 Å². The number of hydrogen-bond donors (Lipinski definition) is 0. The third-order valence-electron chi connectivity index (χ3n) is 20.4. The summed E-state index contributed by atoms with van der Waals surface area (Å²) in [6.45, 7) is 59.1. The SMILES string of the molecule is C/C(=N\N(C)C)c1c(C)c(C)cc(C)c1C.C/C(=N\N(C)C)c1c(C)cc(C)c(C)c1C.C=C1Cc2c(C)cc(C)c(C)c2C1.CC1=Cc2c(C)c(C)cc(C)c2C1.CC1=Cc2c(C)cc(C)c(C)c2C1.CCC/C(CS(C)=[P+](P)P)=C1\Cc2c(C)cc(C)c(C)c2C1. The Hall–Kier alpha value is -5.27. The molecule has 0 saturated carbocycles. The second kappa shape index (κ2) is 34.1. The van der Waals surface area contributed by atoms with Crippen molar-refractivity contribution in [2.45, 2.75) is 224 Å². The highest BCUT2D eigenvalue weighted by atomic mass is 32.8. The Labute approximate surface area is 576 Å². The lowest BCUT2D eigenvalue weighted by molar-refractivity contribution is 0.437. The highest BCUT2D eigenvalue weighted by molar-refractivity contribution is 8.63. The average molecular weight is 1320 g/mol. The van der Waals surface area contributed by atoms with Crippen LogP contribution in [-0.4, -0.2) is 61.6 Å². The second-order valence-electron chi connectivity index (χ2n) is 28.4. The first-order valence-corrected chi connectivity index (χ1v) is 40.9. The van der Waals surface area contributed by atoms with E-state index in [2.05, 4.69) is 263 Å². The van der Waals surface area contributed by atoms with E-state index in [1.54, 1.807) is 39.0 Å². The van der Waals surface area contributed by atoms with Crippen molar-refractivity contribution in [3.63, 3.8) is 0 Å². The summed E-state index contributed by atoms with van der Waals surface area (Å²) in [4.78, 5) is 0. The van der Waals surface area contributed by atoms with Gasteiger partial charge < -0.3 is 10.0 Å². The van der Waals surface area contributed by atoms with Crippen LogP contribution in [0, 0.1) is 138 Å². The van der Waals surface area contributed by atoms with Gasteiger partial charge in [0.15, 0.2) is 0 Å². The molecule has 502 valence electrons. The Morgan fingerprint density at radius 1 is 0.419 bits per heavy atom. The topological polar surface area (TPSA) is 31.2 Å². The summed E-state index contributed by atoms with van der Waals surface area (Å²) in [6, 6.07) is 13.8. The standard InChI is InChI=1S/C18H30P3S.2C14H22N2.3C13H16/c1-6-7-15(11-22(5)21(19)20)16-9-17-13(3)8-12(2)14(4)18(17)10-16;1-9-8-10(2)14(12(4)11(9)3)13(5)15-16(6)7;1-9-8-10(2)12(4)14(11(9)3)13(5)15-16(6)7;3*1-8-5-12-10(3)7-9(2)11(4)13(12)6-8/h8H,6-7,9-11,19-20H2,1-5H3;2*8H,1-7H3;6-7H,5H2,1-4H3;5,7H,6H2,1-4H3;7H,1,5-6H2,2-4H3/q+1;;;;;/b16-15-;2*15-13+;;;. The van der Waals surface area contributed by atoms with E-state index in [0.29, 0.717) is 10.1 Å². The molecule has 0 spiro atoms. The number of rotatable bonds is 8. The van der Waals surface area contributed by atoms with E-state index in [-0.39, 0.29) is 6.07 Å². The van der Waals surface area contributed by atoms with Gasteiger partial charge >= 0.3 is 0 Å². The van der Waals surface area contributed by atoms with Crippen molar-refractivity contribution < 1.29 is 0 Å². The summed E-state index contributed by atoms with van der Waals surface area (Å²) in [5.74, 6) is 1.31. The smallest absolute Gasteiger partial charge is 0.145 e. The van der Waals surface area contributed by atoms with Crippen molar-refractivity contribution in [1.29, 1.82) is 0 Å². The molecule has 4 aliphatic rings. The van der Waals surface area contributed by atoms with Gasteiger partial charge in [0, 0.05) is 51.3 Å². The number of nitrogens with zero attached hydrogens (tertiary/aromatic N) is 4. The van der Waals surface area contributed by atoms with E-state index < -0.39 is 0 Å². The van der Waals surface area contributed by atoms with Crippen LogP contribution in [0.1, 0.15) is 214 Å². The zero-order chi connectivity index (χ0) is 70.1. The van der Waals surface area contributed by atoms with Gasteiger partial charge in [-0.1, -0.05) is 96.3 Å². The van der Waals surface area contributed by atoms with Crippen LogP contribution in [-0.2, 0) is 48.6 Å². The van der Waals surface area contributed by atoms with Gasteiger partial charge in [-0.3, -0.25) is 0 Å². The molecule has 8 heteroatoms. The van der Waals surface area contributed by atoms with E-state index in [1.165, 1.54) is 187 Å². The van der Waals surface area contributed by atoms with Crippen LogP contribution >= 0.6 is 23.9 Å². The van der Waals surface area contributed by atoms with Crippen LogP contribution in [0.5, 0.6) is 0 Å². The van der Waals surface area contributed by atoms with Crippen LogP contribution in [0.4, 0.5) is 0 Å². The fraction of sp³-hybridized carbons (Fsp3) is 0.459. The highest BCUT2D eigenvalue weighted by Crippen LogP contribution is 2.46. The fourth-order valence-corrected chi connectivity index (χ4v) is 17.6. The summed E-state index contributed by atoms with van der Waals surface area (Å²) in [7, 11) is 14.4. The molecule has 6 aromatic carbocycles. The maximum atomic E-state index is 4.50. The largest absolute Gasteiger partial charge is 0.303 e. The monoisotopic (exact) mass is 1320 g/mol.